The number of halogens is 1. The fraction of sp³-hybridized carbons (Fsp3) is 0.143. The topological polar surface area (TPSA) is 0 Å². The van der Waals surface area contributed by atoms with E-state index in [-0.39, 0.29) is 31.0 Å². The van der Waals surface area contributed by atoms with Crippen molar-refractivity contribution in [2.45, 2.75) is 5.33 Å². The van der Waals surface area contributed by atoms with Crippen molar-refractivity contribution in [2.75, 3.05) is 0 Å². The molecule has 0 bridgehead atoms. The van der Waals surface area contributed by atoms with Crippen LogP contribution in [0.4, 0.5) is 0 Å². The average Bonchev–Trinajstić information content (AvgIpc) is 1.90. The molecule has 9 heavy (non-hydrogen) atoms. The zero-order chi connectivity index (χ0) is 5.82. The number of hydrogen-bond acceptors (Lipinski definition) is 0. The molecular weight excluding hydrogens is 187 g/mol. The molecule has 0 aliphatic heterocycles. The molecule has 0 saturated carbocycles. The van der Waals surface area contributed by atoms with Crippen molar-refractivity contribution < 1.29 is 1.43 Å². The molecule has 0 amide bonds. The Hall–Kier alpha value is 0.700. The van der Waals surface area contributed by atoms with E-state index in [0.717, 1.165) is 5.33 Å². The standard InChI is InChI=1S/C7H7Br.Na.H/c8-6-7-4-2-1-3-5-7;;/h1-5H,6H2;;/p+1. The Labute approximate surface area is 87.6 Å². The van der Waals surface area contributed by atoms with Gasteiger partial charge < -0.3 is 0 Å². The van der Waals surface area contributed by atoms with E-state index in [1.165, 1.54) is 5.56 Å². The van der Waals surface area contributed by atoms with Crippen molar-refractivity contribution in [1.82, 2.24) is 0 Å². The van der Waals surface area contributed by atoms with Crippen LogP contribution in [0.2, 0.25) is 0 Å². The third kappa shape index (κ3) is 3.41. The Morgan fingerprint density at radius 3 is 2.11 bits per heavy atom. The van der Waals surface area contributed by atoms with Crippen LogP contribution in [0.1, 0.15) is 6.99 Å². The average molecular weight is 196 g/mol. The molecule has 0 atom stereocenters. The molecule has 1 aromatic rings. The molecule has 0 heterocycles. The number of rotatable bonds is 1. The van der Waals surface area contributed by atoms with Crippen molar-refractivity contribution in [3.05, 3.63) is 35.9 Å². The van der Waals surface area contributed by atoms with Crippen molar-refractivity contribution in [3.8, 4) is 0 Å². The second-order valence-electron chi connectivity index (χ2n) is 1.62. The molecule has 0 aromatic heterocycles. The molecule has 2 heteroatoms. The molecule has 1 rings (SSSR count). The van der Waals surface area contributed by atoms with Crippen molar-refractivity contribution >= 4 is 45.5 Å². The van der Waals surface area contributed by atoms with Gasteiger partial charge in [-0.1, -0.05) is 46.3 Å². The first-order chi connectivity index (χ1) is 3.93. The summed E-state index contributed by atoms with van der Waals surface area (Å²) in [5.74, 6) is 0. The molecule has 0 unspecified atom stereocenters. The molecule has 0 saturated heterocycles. The molecule has 0 nitrogen and oxygen atoms in total. The zero-order valence-electron chi connectivity index (χ0n) is 5.47. The molecule has 0 aliphatic rings. The molecular formula is C7H9BrNa+. The number of benzene rings is 1. The van der Waals surface area contributed by atoms with E-state index >= 15 is 0 Å². The Morgan fingerprint density at radius 1 is 1.22 bits per heavy atom. The van der Waals surface area contributed by atoms with Gasteiger partial charge in [0.15, 0.2) is 0 Å². The maximum absolute atomic E-state index is 3.36. The normalized spacial score (nSPS) is 8.11. The van der Waals surface area contributed by atoms with Crippen LogP contribution in [-0.2, 0) is 5.33 Å². The van der Waals surface area contributed by atoms with Crippen molar-refractivity contribution in [1.29, 1.82) is 0 Å². The Morgan fingerprint density at radius 2 is 1.78 bits per heavy atom. The van der Waals surface area contributed by atoms with Gasteiger partial charge in [-0.05, 0) is 5.56 Å². The summed E-state index contributed by atoms with van der Waals surface area (Å²) in [6.07, 6.45) is 0. The first kappa shape index (κ1) is 9.70. The molecule has 0 N–H and O–H groups in total. The van der Waals surface area contributed by atoms with Gasteiger partial charge in [-0.2, -0.15) is 0 Å². The molecule has 1 aromatic carbocycles. The van der Waals surface area contributed by atoms with Gasteiger partial charge in [0.1, 0.15) is 0 Å². The van der Waals surface area contributed by atoms with Gasteiger partial charge in [-0.25, -0.2) is 0 Å². The number of hydrogen-bond donors (Lipinski definition) is 0. The van der Waals surface area contributed by atoms with Crippen molar-refractivity contribution in [3.63, 3.8) is 0 Å². The fourth-order valence-corrected chi connectivity index (χ4v) is 0.941. The summed E-state index contributed by atoms with van der Waals surface area (Å²) in [6, 6.07) is 10.3. The summed E-state index contributed by atoms with van der Waals surface area (Å²) < 4.78 is 0. The van der Waals surface area contributed by atoms with Gasteiger partial charge in [0.25, 0.3) is 0 Å². The third-order valence-corrected chi connectivity index (χ3v) is 1.64. The van der Waals surface area contributed by atoms with Gasteiger partial charge in [0.2, 0.25) is 0 Å². The monoisotopic (exact) mass is 195 g/mol. The van der Waals surface area contributed by atoms with E-state index in [9.17, 15) is 0 Å². The van der Waals surface area contributed by atoms with Crippen LogP contribution >= 0.6 is 15.9 Å². The van der Waals surface area contributed by atoms with Gasteiger partial charge in [-0.15, -0.1) is 0 Å². The van der Waals surface area contributed by atoms with Crippen LogP contribution in [0.25, 0.3) is 0 Å². The molecule has 0 spiro atoms. The summed E-state index contributed by atoms with van der Waals surface area (Å²) >= 11 is 3.36. The SMILES string of the molecule is BrCc1ccccc1.[H+].[NaH]. The van der Waals surface area contributed by atoms with E-state index < -0.39 is 0 Å². The molecule has 0 fully saturated rings. The maximum atomic E-state index is 3.36. The van der Waals surface area contributed by atoms with E-state index in [1.807, 2.05) is 18.2 Å². The molecule has 44 valence electrons. The summed E-state index contributed by atoms with van der Waals surface area (Å²) in [6.45, 7) is 0. The number of alkyl halides is 1. The quantitative estimate of drug-likeness (QED) is 0.476. The first-order valence-electron chi connectivity index (χ1n) is 2.53. The van der Waals surface area contributed by atoms with Gasteiger partial charge >= 0.3 is 31.0 Å². The third-order valence-electron chi connectivity index (χ3n) is 0.997. The summed E-state index contributed by atoms with van der Waals surface area (Å²) in [4.78, 5) is 0. The zero-order valence-corrected chi connectivity index (χ0v) is 6.06. The van der Waals surface area contributed by atoms with Crippen LogP contribution < -0.4 is 0 Å². The van der Waals surface area contributed by atoms with Crippen LogP contribution in [0, 0.1) is 0 Å². The first-order valence-corrected chi connectivity index (χ1v) is 3.65. The molecule has 0 aliphatic carbocycles. The minimum atomic E-state index is 0. The van der Waals surface area contributed by atoms with Gasteiger partial charge in [0, 0.05) is 5.33 Å². The summed E-state index contributed by atoms with van der Waals surface area (Å²) in [5.41, 5.74) is 1.33. The predicted molar refractivity (Wildman–Crippen MR) is 47.3 cm³/mol. The predicted octanol–water partition coefficient (Wildman–Crippen LogP) is 2.05. The summed E-state index contributed by atoms with van der Waals surface area (Å²) in [7, 11) is 0. The van der Waals surface area contributed by atoms with E-state index in [0.29, 0.717) is 0 Å². The Kier molecular flexibility index (Phi) is 5.91. The fourth-order valence-electron chi connectivity index (χ4n) is 0.567. The van der Waals surface area contributed by atoms with Crippen LogP contribution in [0.5, 0.6) is 0 Å². The second kappa shape index (κ2) is 5.48. The second-order valence-corrected chi connectivity index (χ2v) is 2.18. The Bertz CT molecular complexity index is 155. The molecule has 0 radical (unpaired) electrons. The van der Waals surface area contributed by atoms with Crippen LogP contribution in [-0.4, -0.2) is 29.6 Å². The van der Waals surface area contributed by atoms with Gasteiger partial charge in [0.05, 0.1) is 0 Å². The van der Waals surface area contributed by atoms with Crippen molar-refractivity contribution in [2.24, 2.45) is 0 Å². The Balaban J connectivity index is 0. The van der Waals surface area contributed by atoms with E-state index in [2.05, 4.69) is 28.1 Å². The van der Waals surface area contributed by atoms with Crippen LogP contribution in [0.15, 0.2) is 30.3 Å². The summed E-state index contributed by atoms with van der Waals surface area (Å²) in [5, 5.41) is 0.952. The van der Waals surface area contributed by atoms with Gasteiger partial charge in [-0.3, -0.25) is 0 Å². The van der Waals surface area contributed by atoms with Crippen LogP contribution in [0.3, 0.4) is 0 Å². The minimum absolute atomic E-state index is 0. The van der Waals surface area contributed by atoms with E-state index in [4.69, 9.17) is 0 Å². The van der Waals surface area contributed by atoms with E-state index in [1.54, 1.807) is 0 Å².